The Balaban J connectivity index is 2.57. The van der Waals surface area contributed by atoms with Gasteiger partial charge in [0.2, 0.25) is 0 Å². The van der Waals surface area contributed by atoms with Gasteiger partial charge >= 0.3 is 6.18 Å². The van der Waals surface area contributed by atoms with Crippen LogP contribution in [0.5, 0.6) is 0 Å². The van der Waals surface area contributed by atoms with E-state index in [1.807, 2.05) is 6.92 Å². The summed E-state index contributed by atoms with van der Waals surface area (Å²) in [6, 6.07) is 4.35. The molecule has 0 amide bonds. The van der Waals surface area contributed by atoms with E-state index in [-0.39, 0.29) is 5.56 Å². The molecule has 0 saturated carbocycles. The van der Waals surface area contributed by atoms with Crippen LogP contribution < -0.4 is 5.32 Å². The number of halogens is 4. The fraction of sp³-hybridized carbons (Fsp3) is 0.286. The highest BCUT2D eigenvalue weighted by molar-refractivity contribution is 5.63. The Kier molecular flexibility index (Phi) is 4.11. The molecule has 112 valence electrons. The van der Waals surface area contributed by atoms with Crippen molar-refractivity contribution < 1.29 is 17.6 Å². The number of nitrogens with zero attached hydrogens (tertiary/aromatic N) is 2. The van der Waals surface area contributed by atoms with Gasteiger partial charge in [-0.25, -0.2) is 14.4 Å². The Morgan fingerprint density at radius 2 is 1.86 bits per heavy atom. The third-order valence-corrected chi connectivity index (χ3v) is 2.91. The predicted octanol–water partition coefficient (Wildman–Crippen LogP) is 3.91. The van der Waals surface area contributed by atoms with Crippen molar-refractivity contribution in [2.24, 2.45) is 0 Å². The molecule has 0 fully saturated rings. The number of rotatable bonds is 3. The molecule has 0 aliphatic heterocycles. The second-order valence-electron chi connectivity index (χ2n) is 4.35. The molecular formula is C14H13F4N3. The molecule has 2 rings (SSSR count). The molecule has 0 radical (unpaired) electrons. The Morgan fingerprint density at radius 1 is 1.14 bits per heavy atom. The quantitative estimate of drug-likeness (QED) is 0.873. The van der Waals surface area contributed by atoms with Crippen LogP contribution in [0.1, 0.15) is 18.3 Å². The van der Waals surface area contributed by atoms with Crippen molar-refractivity contribution in [3.8, 4) is 11.3 Å². The highest BCUT2D eigenvalue weighted by atomic mass is 19.4. The number of aromatic nitrogens is 2. The van der Waals surface area contributed by atoms with E-state index in [0.29, 0.717) is 23.8 Å². The normalized spacial score (nSPS) is 11.5. The summed E-state index contributed by atoms with van der Waals surface area (Å²) in [7, 11) is 1.65. The van der Waals surface area contributed by atoms with Crippen LogP contribution in [0.4, 0.5) is 23.4 Å². The van der Waals surface area contributed by atoms with Gasteiger partial charge in [0.15, 0.2) is 0 Å². The number of hydrogen-bond donors (Lipinski definition) is 1. The summed E-state index contributed by atoms with van der Waals surface area (Å²) < 4.78 is 51.6. The maximum absolute atomic E-state index is 13.3. The van der Waals surface area contributed by atoms with E-state index >= 15 is 0 Å². The topological polar surface area (TPSA) is 37.8 Å². The highest BCUT2D eigenvalue weighted by Gasteiger charge is 2.34. The first-order valence-corrected chi connectivity index (χ1v) is 6.28. The van der Waals surface area contributed by atoms with Gasteiger partial charge in [-0.2, -0.15) is 13.2 Å². The van der Waals surface area contributed by atoms with Gasteiger partial charge in [-0.05, 0) is 18.2 Å². The van der Waals surface area contributed by atoms with Gasteiger partial charge in [0.25, 0.3) is 0 Å². The average Bonchev–Trinajstić information content (AvgIpc) is 2.45. The highest BCUT2D eigenvalue weighted by Crippen LogP contribution is 2.34. The average molecular weight is 299 g/mol. The van der Waals surface area contributed by atoms with E-state index in [4.69, 9.17) is 0 Å². The summed E-state index contributed by atoms with van der Waals surface area (Å²) in [5.74, 6) is -0.311. The molecule has 7 heteroatoms. The third-order valence-electron chi connectivity index (χ3n) is 2.91. The van der Waals surface area contributed by atoms with Crippen molar-refractivity contribution in [2.45, 2.75) is 19.5 Å². The largest absolute Gasteiger partial charge is 0.419 e. The summed E-state index contributed by atoms with van der Waals surface area (Å²) in [5, 5.41) is 2.82. The Morgan fingerprint density at radius 3 is 2.43 bits per heavy atom. The number of nitrogens with one attached hydrogen (secondary N) is 1. The lowest BCUT2D eigenvalue weighted by Crippen LogP contribution is -2.08. The minimum absolute atomic E-state index is 0.192. The van der Waals surface area contributed by atoms with Gasteiger partial charge in [-0.3, -0.25) is 0 Å². The Bertz CT molecular complexity index is 631. The van der Waals surface area contributed by atoms with Crippen LogP contribution >= 0.6 is 0 Å². The summed E-state index contributed by atoms with van der Waals surface area (Å²) >= 11 is 0. The van der Waals surface area contributed by atoms with Crippen LogP contribution in [0, 0.1) is 5.82 Å². The summed E-state index contributed by atoms with van der Waals surface area (Å²) in [5.41, 5.74) is -0.795. The van der Waals surface area contributed by atoms with Crippen LogP contribution in [0.25, 0.3) is 11.3 Å². The van der Waals surface area contributed by atoms with Gasteiger partial charge in [-0.1, -0.05) is 6.92 Å². The van der Waals surface area contributed by atoms with E-state index in [0.717, 1.165) is 12.1 Å². The van der Waals surface area contributed by atoms with Crippen molar-refractivity contribution in [1.82, 2.24) is 9.97 Å². The fourth-order valence-corrected chi connectivity index (χ4v) is 1.83. The van der Waals surface area contributed by atoms with Crippen LogP contribution in [-0.4, -0.2) is 17.0 Å². The molecule has 0 unspecified atom stereocenters. The second kappa shape index (κ2) is 5.67. The Labute approximate surface area is 119 Å². The van der Waals surface area contributed by atoms with Crippen molar-refractivity contribution in [1.29, 1.82) is 0 Å². The maximum Gasteiger partial charge on any atom is 0.419 e. The van der Waals surface area contributed by atoms with E-state index in [1.165, 1.54) is 12.1 Å². The molecule has 2 aromatic rings. The fourth-order valence-electron chi connectivity index (χ4n) is 1.83. The van der Waals surface area contributed by atoms with Gasteiger partial charge < -0.3 is 5.32 Å². The molecule has 0 aliphatic rings. The van der Waals surface area contributed by atoms with Gasteiger partial charge in [0.05, 0.1) is 11.3 Å². The minimum atomic E-state index is -4.74. The van der Waals surface area contributed by atoms with Crippen molar-refractivity contribution in [2.75, 3.05) is 12.4 Å². The molecule has 1 heterocycles. The third kappa shape index (κ3) is 3.29. The molecule has 0 atom stereocenters. The van der Waals surface area contributed by atoms with Crippen LogP contribution in [-0.2, 0) is 12.6 Å². The van der Waals surface area contributed by atoms with Crippen LogP contribution in [0.15, 0.2) is 24.3 Å². The monoisotopic (exact) mass is 299 g/mol. The molecule has 1 N–H and O–H groups in total. The first-order valence-electron chi connectivity index (χ1n) is 6.28. The van der Waals surface area contributed by atoms with E-state index in [9.17, 15) is 17.6 Å². The maximum atomic E-state index is 13.3. The molecule has 3 nitrogen and oxygen atoms in total. The van der Waals surface area contributed by atoms with E-state index < -0.39 is 17.6 Å². The molecule has 1 aromatic heterocycles. The lowest BCUT2D eigenvalue weighted by molar-refractivity contribution is -0.139. The lowest BCUT2D eigenvalue weighted by atomic mass is 10.1. The molecule has 0 bridgehead atoms. The first-order chi connectivity index (χ1) is 9.85. The molecule has 0 spiro atoms. The summed E-state index contributed by atoms with van der Waals surface area (Å²) in [4.78, 5) is 8.35. The zero-order valence-electron chi connectivity index (χ0n) is 11.4. The zero-order valence-corrected chi connectivity index (χ0v) is 11.4. The number of anilines is 1. The first kappa shape index (κ1) is 15.2. The molecule has 1 aromatic carbocycles. The van der Waals surface area contributed by atoms with E-state index in [2.05, 4.69) is 15.3 Å². The van der Waals surface area contributed by atoms with Crippen molar-refractivity contribution in [3.63, 3.8) is 0 Å². The van der Waals surface area contributed by atoms with Crippen LogP contribution in [0.3, 0.4) is 0 Å². The number of alkyl halides is 3. The molecule has 0 aliphatic carbocycles. The predicted molar refractivity (Wildman–Crippen MR) is 71.4 cm³/mol. The zero-order chi connectivity index (χ0) is 15.6. The van der Waals surface area contributed by atoms with Gasteiger partial charge in [0, 0.05) is 25.1 Å². The lowest BCUT2D eigenvalue weighted by Gasteiger charge is -2.11. The molecular weight excluding hydrogens is 286 g/mol. The summed E-state index contributed by atoms with van der Waals surface area (Å²) in [6.07, 6.45) is -4.21. The summed E-state index contributed by atoms with van der Waals surface area (Å²) in [6.45, 7) is 1.84. The van der Waals surface area contributed by atoms with Gasteiger partial charge in [-0.15, -0.1) is 0 Å². The van der Waals surface area contributed by atoms with Crippen molar-refractivity contribution in [3.05, 3.63) is 41.5 Å². The molecule has 21 heavy (non-hydrogen) atoms. The van der Waals surface area contributed by atoms with E-state index in [1.54, 1.807) is 7.05 Å². The number of hydrogen-bond acceptors (Lipinski definition) is 3. The smallest absolute Gasteiger partial charge is 0.373 e. The van der Waals surface area contributed by atoms with Crippen molar-refractivity contribution >= 4 is 5.82 Å². The van der Waals surface area contributed by atoms with Crippen LogP contribution in [0.2, 0.25) is 0 Å². The number of aryl methyl sites for hydroxylation is 1. The Hall–Kier alpha value is -2.18. The second-order valence-corrected chi connectivity index (χ2v) is 4.35. The minimum Gasteiger partial charge on any atom is -0.373 e. The number of benzene rings is 1. The van der Waals surface area contributed by atoms with Gasteiger partial charge in [0.1, 0.15) is 17.5 Å². The molecule has 0 saturated heterocycles. The standard InChI is InChI=1S/C14H13F4N3/c1-3-12-20-11(7-13(19-2)21-12)8-4-5-10(15)9(6-8)14(16,17)18/h4-7H,3H2,1-2H3,(H,19,20,21). The SMILES string of the molecule is CCc1nc(NC)cc(-c2ccc(F)c(C(F)(F)F)c2)n1.